The predicted molar refractivity (Wildman–Crippen MR) is 100 cm³/mol. The number of fused-ring (bicyclic) bond motifs is 1. The van der Waals surface area contributed by atoms with Crippen LogP contribution in [0.15, 0.2) is 12.7 Å². The molecule has 158 valence electrons. The van der Waals surface area contributed by atoms with Crippen molar-refractivity contribution < 1.29 is 28.9 Å². The maximum absolute atomic E-state index is 12.1. The van der Waals surface area contributed by atoms with Gasteiger partial charge in [-0.3, -0.25) is 14.2 Å². The first kappa shape index (κ1) is 20.9. The van der Waals surface area contributed by atoms with Crippen molar-refractivity contribution in [1.29, 1.82) is 0 Å². The minimum absolute atomic E-state index is 0.165. The van der Waals surface area contributed by atoms with E-state index in [9.17, 15) is 14.7 Å². The van der Waals surface area contributed by atoms with Crippen LogP contribution in [-0.2, 0) is 23.8 Å². The minimum Gasteiger partial charge on any atom is -0.463 e. The Morgan fingerprint density at radius 3 is 2.66 bits per heavy atom. The molecule has 0 spiro atoms. The summed E-state index contributed by atoms with van der Waals surface area (Å²) in [6.45, 7) is 3.54. The molecule has 3 N–H and O–H groups in total. The number of nitrogens with zero attached hydrogens (tertiary/aromatic N) is 4. The topological polar surface area (TPSA) is 152 Å². The van der Waals surface area contributed by atoms with Gasteiger partial charge in [0.15, 0.2) is 23.8 Å². The summed E-state index contributed by atoms with van der Waals surface area (Å²) in [5.74, 6) is -0.663. The Morgan fingerprint density at radius 2 is 1.93 bits per heavy atom. The predicted octanol–water partition coefficient (Wildman–Crippen LogP) is 0.722. The molecule has 1 aliphatic heterocycles. The Kier molecular flexibility index (Phi) is 6.60. The Morgan fingerprint density at radius 1 is 1.21 bits per heavy atom. The van der Waals surface area contributed by atoms with Crippen molar-refractivity contribution in [2.45, 2.75) is 64.1 Å². The summed E-state index contributed by atoms with van der Waals surface area (Å²) in [5.41, 5.74) is 6.56. The van der Waals surface area contributed by atoms with E-state index in [1.165, 1.54) is 17.2 Å². The number of aromatic nitrogens is 4. The highest BCUT2D eigenvalue weighted by atomic mass is 16.6. The lowest BCUT2D eigenvalue weighted by Crippen LogP contribution is -2.37. The molecular formula is C18H25N5O6. The SMILES string of the molecule is CCCC(=O)OC[C@H]1O[C@@H](n2cnc3c(N)ncnc32)[C@H](OC(=O)CCC)[C@@H]1O. The van der Waals surface area contributed by atoms with E-state index in [0.29, 0.717) is 24.0 Å². The maximum atomic E-state index is 12.1. The molecule has 0 bridgehead atoms. The number of carbonyl (C=O) groups is 2. The number of aliphatic hydroxyl groups is 1. The number of imidazole rings is 1. The van der Waals surface area contributed by atoms with E-state index >= 15 is 0 Å². The van der Waals surface area contributed by atoms with Crippen molar-refractivity contribution in [2.75, 3.05) is 12.3 Å². The van der Waals surface area contributed by atoms with Crippen LogP contribution in [0.2, 0.25) is 0 Å². The number of anilines is 1. The number of rotatable bonds is 8. The van der Waals surface area contributed by atoms with Crippen molar-refractivity contribution in [1.82, 2.24) is 19.5 Å². The standard InChI is InChI=1S/C18H25N5O6/c1-3-5-11(24)27-7-10-14(26)15(29-12(25)6-4-2)18(28-10)23-9-22-13-16(19)20-8-21-17(13)23/h8-10,14-15,18,26H,3-7H2,1-2H3,(H2,19,20,21)/t10-,14-,15-,18-/m1/s1. The monoisotopic (exact) mass is 407 g/mol. The largest absolute Gasteiger partial charge is 0.463 e. The molecule has 0 aliphatic carbocycles. The van der Waals surface area contributed by atoms with Crippen molar-refractivity contribution in [3.05, 3.63) is 12.7 Å². The summed E-state index contributed by atoms with van der Waals surface area (Å²) in [7, 11) is 0. The smallest absolute Gasteiger partial charge is 0.306 e. The first-order chi connectivity index (χ1) is 14.0. The minimum atomic E-state index is -1.20. The Labute approximate surface area is 167 Å². The number of hydrogen-bond donors (Lipinski definition) is 2. The molecule has 1 saturated heterocycles. The van der Waals surface area contributed by atoms with Crippen LogP contribution in [0.4, 0.5) is 5.82 Å². The first-order valence-electron chi connectivity index (χ1n) is 9.57. The number of nitrogen functional groups attached to an aromatic ring is 1. The molecule has 0 radical (unpaired) electrons. The van der Waals surface area contributed by atoms with E-state index in [-0.39, 0.29) is 31.2 Å². The Bertz CT molecular complexity index is 872. The zero-order valence-electron chi connectivity index (χ0n) is 16.4. The third-order valence-corrected chi connectivity index (χ3v) is 4.56. The van der Waals surface area contributed by atoms with Gasteiger partial charge >= 0.3 is 11.9 Å². The number of ether oxygens (including phenoxy) is 3. The second-order valence-electron chi connectivity index (χ2n) is 6.78. The quantitative estimate of drug-likeness (QED) is 0.599. The lowest BCUT2D eigenvalue weighted by molar-refractivity contribution is -0.158. The van der Waals surface area contributed by atoms with E-state index in [1.54, 1.807) is 0 Å². The molecule has 3 heterocycles. The van der Waals surface area contributed by atoms with Crippen LogP contribution in [0.3, 0.4) is 0 Å². The van der Waals surface area contributed by atoms with Crippen molar-refractivity contribution in [3.8, 4) is 0 Å². The van der Waals surface area contributed by atoms with Gasteiger partial charge in [0.05, 0.1) is 6.33 Å². The van der Waals surface area contributed by atoms with Gasteiger partial charge in [-0.2, -0.15) is 0 Å². The van der Waals surface area contributed by atoms with Crippen LogP contribution in [0.1, 0.15) is 45.8 Å². The molecule has 11 heteroatoms. The fourth-order valence-corrected chi connectivity index (χ4v) is 3.13. The maximum Gasteiger partial charge on any atom is 0.306 e. The number of esters is 2. The third kappa shape index (κ3) is 4.46. The molecule has 1 fully saturated rings. The molecule has 2 aromatic rings. The molecule has 1 aliphatic rings. The molecule has 11 nitrogen and oxygen atoms in total. The normalized spacial score (nSPS) is 24.0. The fraction of sp³-hybridized carbons (Fsp3) is 0.611. The van der Waals surface area contributed by atoms with E-state index in [0.717, 1.165) is 0 Å². The van der Waals surface area contributed by atoms with Gasteiger partial charge in [-0.25, -0.2) is 15.0 Å². The molecule has 0 saturated carbocycles. The van der Waals surface area contributed by atoms with E-state index < -0.39 is 30.5 Å². The van der Waals surface area contributed by atoms with Gasteiger partial charge in [-0.05, 0) is 12.8 Å². The number of hydrogen-bond acceptors (Lipinski definition) is 10. The van der Waals surface area contributed by atoms with Crippen LogP contribution >= 0.6 is 0 Å². The number of nitrogens with two attached hydrogens (primary N) is 1. The van der Waals surface area contributed by atoms with Crippen molar-refractivity contribution in [3.63, 3.8) is 0 Å². The van der Waals surface area contributed by atoms with Gasteiger partial charge in [0.1, 0.15) is 30.7 Å². The van der Waals surface area contributed by atoms with E-state index in [1.807, 2.05) is 13.8 Å². The van der Waals surface area contributed by atoms with Gasteiger partial charge in [0.2, 0.25) is 0 Å². The van der Waals surface area contributed by atoms with Crippen LogP contribution in [0, 0.1) is 0 Å². The van der Waals surface area contributed by atoms with Crippen LogP contribution in [0.5, 0.6) is 0 Å². The molecule has 0 amide bonds. The molecule has 3 rings (SSSR count). The molecule has 0 aromatic carbocycles. The van der Waals surface area contributed by atoms with Gasteiger partial charge in [-0.1, -0.05) is 13.8 Å². The molecule has 4 atom stereocenters. The summed E-state index contributed by atoms with van der Waals surface area (Å²) in [6.07, 6.45) is 0.400. The molecular weight excluding hydrogens is 382 g/mol. The Hall–Kier alpha value is -2.79. The average Bonchev–Trinajstić information content (AvgIpc) is 3.24. The summed E-state index contributed by atoms with van der Waals surface area (Å²) in [4.78, 5) is 36.0. The molecule has 0 unspecified atom stereocenters. The highest BCUT2D eigenvalue weighted by Gasteiger charge is 2.48. The molecule has 29 heavy (non-hydrogen) atoms. The summed E-state index contributed by atoms with van der Waals surface area (Å²) in [5, 5.41) is 10.7. The Balaban J connectivity index is 1.86. The van der Waals surface area contributed by atoms with Gasteiger partial charge in [-0.15, -0.1) is 0 Å². The number of aliphatic hydroxyl groups excluding tert-OH is 1. The second-order valence-corrected chi connectivity index (χ2v) is 6.78. The van der Waals surface area contributed by atoms with Crippen molar-refractivity contribution in [2.24, 2.45) is 0 Å². The first-order valence-corrected chi connectivity index (χ1v) is 9.57. The summed E-state index contributed by atoms with van der Waals surface area (Å²) >= 11 is 0. The zero-order valence-corrected chi connectivity index (χ0v) is 16.4. The summed E-state index contributed by atoms with van der Waals surface area (Å²) in [6, 6.07) is 0. The van der Waals surface area contributed by atoms with Gasteiger partial charge in [0.25, 0.3) is 0 Å². The number of carbonyl (C=O) groups excluding carboxylic acids is 2. The zero-order chi connectivity index (χ0) is 21.0. The summed E-state index contributed by atoms with van der Waals surface area (Å²) < 4.78 is 18.1. The lowest BCUT2D eigenvalue weighted by Gasteiger charge is -2.21. The van der Waals surface area contributed by atoms with Crippen molar-refractivity contribution >= 4 is 28.9 Å². The van der Waals surface area contributed by atoms with Crippen LogP contribution in [0.25, 0.3) is 11.2 Å². The van der Waals surface area contributed by atoms with Gasteiger partial charge in [0, 0.05) is 12.8 Å². The van der Waals surface area contributed by atoms with Gasteiger partial charge < -0.3 is 25.1 Å². The molecule has 2 aromatic heterocycles. The fourth-order valence-electron chi connectivity index (χ4n) is 3.13. The van der Waals surface area contributed by atoms with Crippen LogP contribution < -0.4 is 5.73 Å². The highest BCUT2D eigenvalue weighted by molar-refractivity contribution is 5.81. The highest BCUT2D eigenvalue weighted by Crippen LogP contribution is 2.34. The lowest BCUT2D eigenvalue weighted by atomic mass is 10.1. The van der Waals surface area contributed by atoms with E-state index in [2.05, 4.69) is 15.0 Å². The van der Waals surface area contributed by atoms with E-state index in [4.69, 9.17) is 19.9 Å². The third-order valence-electron chi connectivity index (χ3n) is 4.56. The van der Waals surface area contributed by atoms with Crippen LogP contribution in [-0.4, -0.2) is 61.5 Å². The second kappa shape index (κ2) is 9.14. The average molecular weight is 407 g/mol.